The van der Waals surface area contributed by atoms with Gasteiger partial charge in [-0.15, -0.1) is 10.8 Å². The fourth-order valence-electron chi connectivity index (χ4n) is 3.02. The van der Waals surface area contributed by atoms with E-state index in [0.29, 0.717) is 0 Å². The Balaban J connectivity index is 2.07. The average Bonchev–Trinajstić information content (AvgIpc) is 2.68. The number of guanidine groups is 1. The molecule has 1 aromatic carbocycles. The van der Waals surface area contributed by atoms with Crippen LogP contribution in [0.5, 0.6) is 0 Å². The number of aromatic nitrogens is 1. The first-order valence-corrected chi connectivity index (χ1v) is 10.2. The van der Waals surface area contributed by atoms with E-state index < -0.39 is 39.5 Å². The van der Waals surface area contributed by atoms with Gasteiger partial charge in [0, 0.05) is 18.8 Å². The standard InChI is InChI=1S/C19H18F3N5O2S/c1-19(10-30(28,29)27(2)18(24)26-19)13-5-12(7-15(21)17(13)22)6-14(20)16-4-3-11(8-23)9-25-16/h3-7,9,28-29H,10H2,1-2H3,(H2,24,26). The second kappa shape index (κ2) is 7.64. The minimum absolute atomic E-state index is 0.0297. The van der Waals surface area contributed by atoms with Crippen LogP contribution < -0.4 is 5.73 Å². The lowest BCUT2D eigenvalue weighted by Crippen LogP contribution is -2.48. The quantitative estimate of drug-likeness (QED) is 0.671. The first-order chi connectivity index (χ1) is 14.0. The SMILES string of the molecule is CN1C(N)=NC(C)(c2cc(C=C(F)c3ccc(C#N)cn3)cc(F)c2F)CS1(O)O. The van der Waals surface area contributed by atoms with Gasteiger partial charge >= 0.3 is 0 Å². The highest BCUT2D eigenvalue weighted by Gasteiger charge is 2.42. The number of halogens is 3. The fraction of sp³-hybridized carbons (Fsp3) is 0.211. The van der Waals surface area contributed by atoms with E-state index in [0.717, 1.165) is 16.4 Å². The van der Waals surface area contributed by atoms with E-state index in [-0.39, 0.29) is 28.3 Å². The first kappa shape index (κ1) is 21.6. The Morgan fingerprint density at radius 2 is 2.07 bits per heavy atom. The van der Waals surface area contributed by atoms with Crippen LogP contribution >= 0.6 is 10.8 Å². The normalized spacial score (nSPS) is 22.3. The van der Waals surface area contributed by atoms with Gasteiger partial charge in [-0.1, -0.05) is 0 Å². The summed E-state index contributed by atoms with van der Waals surface area (Å²) >= 11 is 0. The summed E-state index contributed by atoms with van der Waals surface area (Å²) in [6, 6.07) is 6.47. The van der Waals surface area contributed by atoms with Crippen molar-refractivity contribution in [3.8, 4) is 6.07 Å². The molecule has 7 nitrogen and oxygen atoms in total. The van der Waals surface area contributed by atoms with Crippen LogP contribution in [-0.4, -0.2) is 37.2 Å². The van der Waals surface area contributed by atoms with Gasteiger partial charge in [0.05, 0.1) is 17.0 Å². The van der Waals surface area contributed by atoms with Crippen molar-refractivity contribution in [2.24, 2.45) is 10.7 Å². The van der Waals surface area contributed by atoms with Crippen molar-refractivity contribution < 1.29 is 22.3 Å². The van der Waals surface area contributed by atoms with Crippen molar-refractivity contribution in [3.63, 3.8) is 0 Å². The fourth-order valence-corrected chi connectivity index (χ4v) is 4.53. The summed E-state index contributed by atoms with van der Waals surface area (Å²) in [6.07, 6.45) is 2.13. The number of pyridine rings is 1. The van der Waals surface area contributed by atoms with Crippen molar-refractivity contribution in [1.82, 2.24) is 9.29 Å². The van der Waals surface area contributed by atoms with Gasteiger partial charge in [-0.05, 0) is 42.8 Å². The van der Waals surface area contributed by atoms with E-state index in [1.54, 1.807) is 0 Å². The van der Waals surface area contributed by atoms with Gasteiger partial charge in [0.15, 0.2) is 11.6 Å². The smallest absolute Gasteiger partial charge is 0.210 e. The monoisotopic (exact) mass is 437 g/mol. The topological polar surface area (TPSA) is 119 Å². The number of hydrogen-bond donors (Lipinski definition) is 3. The lowest BCUT2D eigenvalue weighted by atomic mass is 9.92. The summed E-state index contributed by atoms with van der Waals surface area (Å²) in [6.45, 7) is 1.38. The Hall–Kier alpha value is -3.07. The van der Waals surface area contributed by atoms with Crippen molar-refractivity contribution in [3.05, 3.63) is 64.5 Å². The Bertz CT molecular complexity index is 1100. The van der Waals surface area contributed by atoms with E-state index in [9.17, 15) is 22.3 Å². The molecule has 0 radical (unpaired) electrons. The zero-order valence-corrected chi connectivity index (χ0v) is 16.8. The molecular weight excluding hydrogens is 419 g/mol. The van der Waals surface area contributed by atoms with Crippen LogP contribution in [0.15, 0.2) is 35.5 Å². The third-order valence-corrected chi connectivity index (χ3v) is 6.67. The second-order valence-electron chi connectivity index (χ2n) is 6.92. The number of aliphatic imine (C=N–C) groups is 1. The molecular formula is C19H18F3N5O2S. The summed E-state index contributed by atoms with van der Waals surface area (Å²) in [7, 11) is -2.10. The molecule has 158 valence electrons. The Morgan fingerprint density at radius 3 is 2.63 bits per heavy atom. The number of hydrogen-bond acceptors (Lipinski definition) is 7. The molecule has 0 saturated carbocycles. The molecule has 0 bridgehead atoms. The first-order valence-electron chi connectivity index (χ1n) is 8.55. The summed E-state index contributed by atoms with van der Waals surface area (Å²) in [5.41, 5.74) is 3.96. The molecule has 0 amide bonds. The summed E-state index contributed by atoms with van der Waals surface area (Å²) in [5.74, 6) is -4.03. The number of rotatable bonds is 3. The van der Waals surface area contributed by atoms with Gasteiger partial charge in [-0.25, -0.2) is 22.5 Å². The molecule has 0 spiro atoms. The minimum atomic E-state index is -3.42. The summed E-state index contributed by atoms with van der Waals surface area (Å²) in [5, 5.41) is 8.78. The zero-order chi connectivity index (χ0) is 22.3. The van der Waals surface area contributed by atoms with E-state index in [2.05, 4.69) is 9.98 Å². The van der Waals surface area contributed by atoms with E-state index in [1.165, 1.54) is 38.4 Å². The van der Waals surface area contributed by atoms with Crippen molar-refractivity contribution in [1.29, 1.82) is 5.26 Å². The molecule has 3 rings (SSSR count). The van der Waals surface area contributed by atoms with Gasteiger partial charge in [0.1, 0.15) is 17.4 Å². The maximum absolute atomic E-state index is 14.6. The Morgan fingerprint density at radius 1 is 1.37 bits per heavy atom. The lowest BCUT2D eigenvalue weighted by Gasteiger charge is -2.49. The zero-order valence-electron chi connectivity index (χ0n) is 16.0. The van der Waals surface area contributed by atoms with Crippen LogP contribution in [-0.2, 0) is 5.54 Å². The number of nitriles is 1. The largest absolute Gasteiger partial charge is 0.369 e. The maximum atomic E-state index is 14.6. The lowest BCUT2D eigenvalue weighted by molar-refractivity contribution is 0.386. The predicted octanol–water partition coefficient (Wildman–Crippen LogP) is 3.84. The third kappa shape index (κ3) is 3.97. The molecule has 1 atom stereocenters. The van der Waals surface area contributed by atoms with Crippen LogP contribution in [0, 0.1) is 23.0 Å². The van der Waals surface area contributed by atoms with Crippen LogP contribution in [0.3, 0.4) is 0 Å². The molecule has 30 heavy (non-hydrogen) atoms. The highest BCUT2D eigenvalue weighted by atomic mass is 32.3. The van der Waals surface area contributed by atoms with Crippen LogP contribution in [0.25, 0.3) is 11.9 Å². The van der Waals surface area contributed by atoms with Gasteiger partial charge in [-0.2, -0.15) is 5.26 Å². The van der Waals surface area contributed by atoms with E-state index in [4.69, 9.17) is 11.0 Å². The van der Waals surface area contributed by atoms with Crippen molar-refractivity contribution in [2.75, 3.05) is 12.8 Å². The predicted molar refractivity (Wildman–Crippen MR) is 109 cm³/mol. The number of nitrogens with zero attached hydrogens (tertiary/aromatic N) is 4. The molecule has 0 aliphatic carbocycles. The van der Waals surface area contributed by atoms with E-state index in [1.807, 2.05) is 6.07 Å². The highest BCUT2D eigenvalue weighted by molar-refractivity contribution is 8.22. The highest BCUT2D eigenvalue weighted by Crippen LogP contribution is 2.51. The molecule has 0 fully saturated rings. The van der Waals surface area contributed by atoms with Gasteiger partial charge < -0.3 is 5.73 Å². The minimum Gasteiger partial charge on any atom is -0.369 e. The summed E-state index contributed by atoms with van der Waals surface area (Å²) < 4.78 is 65.0. The number of nitrogens with two attached hydrogens (primary N) is 1. The van der Waals surface area contributed by atoms with Crippen LogP contribution in [0.4, 0.5) is 13.2 Å². The molecule has 0 saturated heterocycles. The molecule has 1 aromatic heterocycles. The van der Waals surface area contributed by atoms with Gasteiger partial charge in [0.25, 0.3) is 0 Å². The Kier molecular flexibility index (Phi) is 5.51. The Labute approximate surface area is 172 Å². The molecule has 2 heterocycles. The molecule has 1 unspecified atom stereocenters. The van der Waals surface area contributed by atoms with Crippen LogP contribution in [0.1, 0.15) is 29.3 Å². The molecule has 2 aromatic rings. The van der Waals surface area contributed by atoms with Crippen molar-refractivity contribution >= 4 is 28.6 Å². The average molecular weight is 437 g/mol. The van der Waals surface area contributed by atoms with Crippen LogP contribution in [0.2, 0.25) is 0 Å². The van der Waals surface area contributed by atoms with Gasteiger partial charge in [0.2, 0.25) is 5.96 Å². The summed E-state index contributed by atoms with van der Waals surface area (Å²) in [4.78, 5) is 7.93. The van der Waals surface area contributed by atoms with Crippen molar-refractivity contribution in [2.45, 2.75) is 12.5 Å². The molecule has 11 heteroatoms. The second-order valence-corrected chi connectivity index (χ2v) is 9.02. The maximum Gasteiger partial charge on any atom is 0.210 e. The number of benzene rings is 1. The molecule has 1 aliphatic rings. The van der Waals surface area contributed by atoms with E-state index >= 15 is 0 Å². The third-order valence-electron chi connectivity index (χ3n) is 4.66. The molecule has 1 aliphatic heterocycles. The van der Waals surface area contributed by atoms with Gasteiger partial charge in [-0.3, -0.25) is 14.1 Å². The molecule has 4 N–H and O–H groups in total.